The van der Waals surface area contributed by atoms with E-state index in [1.54, 1.807) is 0 Å². The van der Waals surface area contributed by atoms with Crippen molar-refractivity contribution in [2.45, 2.75) is 44.9 Å². The third-order valence-electron chi connectivity index (χ3n) is 3.80. The topological polar surface area (TPSA) is 55.6 Å². The highest BCUT2D eigenvalue weighted by molar-refractivity contribution is 5.85. The molecule has 1 heterocycles. The summed E-state index contributed by atoms with van der Waals surface area (Å²) >= 11 is 0. The lowest BCUT2D eigenvalue weighted by atomic mass is 10.0. The molecule has 1 aromatic rings. The van der Waals surface area contributed by atoms with Gasteiger partial charge in [0.25, 0.3) is 0 Å². The molecule has 0 aromatic heterocycles. The zero-order valence-corrected chi connectivity index (χ0v) is 13.5. The second kappa shape index (κ2) is 8.37. The number of nitrogens with two attached hydrogens (primary N) is 1. The van der Waals surface area contributed by atoms with E-state index in [1.807, 2.05) is 49.1 Å². The summed E-state index contributed by atoms with van der Waals surface area (Å²) in [6.45, 7) is 5.20. The maximum Gasteiger partial charge on any atom is 0.239 e. The number of halogens is 1. The number of hydrogen-bond acceptors (Lipinski definition) is 3. The van der Waals surface area contributed by atoms with Crippen LogP contribution in [-0.2, 0) is 9.53 Å². The Morgan fingerprint density at radius 2 is 2.10 bits per heavy atom. The Bertz CT molecular complexity index is 441. The molecule has 1 fully saturated rings. The van der Waals surface area contributed by atoms with E-state index < -0.39 is 6.04 Å². The molecule has 1 amide bonds. The van der Waals surface area contributed by atoms with Gasteiger partial charge in [0.2, 0.25) is 5.91 Å². The van der Waals surface area contributed by atoms with Crippen LogP contribution in [0, 0.1) is 0 Å². The number of nitrogens with zero attached hydrogens (tertiary/aromatic N) is 1. The van der Waals surface area contributed by atoms with Gasteiger partial charge in [0.05, 0.1) is 25.2 Å². The summed E-state index contributed by atoms with van der Waals surface area (Å²) in [5.74, 6) is 0.0450. The zero-order valence-electron chi connectivity index (χ0n) is 12.7. The van der Waals surface area contributed by atoms with Gasteiger partial charge in [-0.25, -0.2) is 0 Å². The molecular weight excluding hydrogens is 288 g/mol. The number of ether oxygens (including phenoxy) is 1. The van der Waals surface area contributed by atoms with E-state index in [0.29, 0.717) is 13.2 Å². The highest BCUT2D eigenvalue weighted by Crippen LogP contribution is 2.25. The lowest BCUT2D eigenvalue weighted by molar-refractivity contribution is -0.146. The summed E-state index contributed by atoms with van der Waals surface area (Å²) in [4.78, 5) is 14.3. The van der Waals surface area contributed by atoms with Gasteiger partial charge in [-0.2, -0.15) is 0 Å². The molecule has 0 saturated carbocycles. The van der Waals surface area contributed by atoms with E-state index >= 15 is 0 Å². The first-order valence-electron chi connectivity index (χ1n) is 7.36. The molecule has 0 aliphatic carbocycles. The second-order valence-corrected chi connectivity index (χ2v) is 5.47. The maximum atomic E-state index is 12.4. The van der Waals surface area contributed by atoms with Gasteiger partial charge >= 0.3 is 0 Å². The molecule has 0 bridgehead atoms. The number of amides is 1. The number of rotatable bonds is 4. The molecule has 2 N–H and O–H groups in total. The van der Waals surface area contributed by atoms with Crippen molar-refractivity contribution in [3.05, 3.63) is 35.9 Å². The van der Waals surface area contributed by atoms with Gasteiger partial charge in [0.1, 0.15) is 6.10 Å². The van der Waals surface area contributed by atoms with Crippen LogP contribution in [0.25, 0.3) is 0 Å². The molecule has 1 saturated heterocycles. The summed E-state index contributed by atoms with van der Waals surface area (Å²) < 4.78 is 5.86. The Labute approximate surface area is 133 Å². The molecule has 0 spiro atoms. The van der Waals surface area contributed by atoms with Crippen LogP contribution in [0.15, 0.2) is 30.3 Å². The normalized spacial score (nSPS) is 23.3. The summed E-state index contributed by atoms with van der Waals surface area (Å²) in [5.41, 5.74) is 7.09. The summed E-state index contributed by atoms with van der Waals surface area (Å²) in [6.07, 6.45) is 1.61. The first-order chi connectivity index (χ1) is 9.63. The molecule has 21 heavy (non-hydrogen) atoms. The van der Waals surface area contributed by atoms with E-state index in [-0.39, 0.29) is 30.5 Å². The van der Waals surface area contributed by atoms with Crippen molar-refractivity contribution in [1.82, 2.24) is 4.90 Å². The number of hydrogen-bond donors (Lipinski definition) is 1. The molecule has 0 radical (unpaired) electrons. The lowest BCUT2D eigenvalue weighted by Crippen LogP contribution is -2.53. The standard InChI is InChI=1S/C16H24N2O2.ClH/c1-3-7-14(17)16(19)18-10-15(20-11-12(18)2)13-8-5-4-6-9-13;/h4-6,8-9,12,14-15H,3,7,10-11,17H2,1-2H3;1H. The van der Waals surface area contributed by atoms with Crippen molar-refractivity contribution < 1.29 is 9.53 Å². The van der Waals surface area contributed by atoms with Crippen molar-refractivity contribution in [3.63, 3.8) is 0 Å². The Kier molecular flexibility index (Phi) is 7.15. The molecular formula is C16H25ClN2O2. The van der Waals surface area contributed by atoms with Crippen molar-refractivity contribution in [3.8, 4) is 0 Å². The van der Waals surface area contributed by atoms with E-state index in [9.17, 15) is 4.79 Å². The number of carbonyl (C=O) groups excluding carboxylic acids is 1. The number of carbonyl (C=O) groups is 1. The van der Waals surface area contributed by atoms with Gasteiger partial charge in [-0.05, 0) is 18.9 Å². The van der Waals surface area contributed by atoms with Crippen LogP contribution in [0.2, 0.25) is 0 Å². The van der Waals surface area contributed by atoms with Crippen LogP contribution in [0.5, 0.6) is 0 Å². The highest BCUT2D eigenvalue weighted by Gasteiger charge is 2.32. The maximum absolute atomic E-state index is 12.4. The van der Waals surface area contributed by atoms with Gasteiger partial charge in [0, 0.05) is 0 Å². The molecule has 3 atom stereocenters. The molecule has 1 aromatic carbocycles. The second-order valence-electron chi connectivity index (χ2n) is 5.47. The monoisotopic (exact) mass is 312 g/mol. The van der Waals surface area contributed by atoms with Crippen LogP contribution >= 0.6 is 12.4 Å². The fourth-order valence-corrected chi connectivity index (χ4v) is 2.58. The minimum absolute atomic E-state index is 0. The predicted octanol–water partition coefficient (Wildman–Crippen LogP) is 2.52. The quantitative estimate of drug-likeness (QED) is 0.929. The minimum Gasteiger partial charge on any atom is -0.370 e. The van der Waals surface area contributed by atoms with Gasteiger partial charge in [-0.15, -0.1) is 12.4 Å². The summed E-state index contributed by atoms with van der Waals surface area (Å²) in [7, 11) is 0. The van der Waals surface area contributed by atoms with E-state index in [2.05, 4.69) is 0 Å². The fourth-order valence-electron chi connectivity index (χ4n) is 2.58. The van der Waals surface area contributed by atoms with E-state index in [1.165, 1.54) is 0 Å². The van der Waals surface area contributed by atoms with E-state index in [0.717, 1.165) is 18.4 Å². The molecule has 5 heteroatoms. The van der Waals surface area contributed by atoms with Crippen LogP contribution < -0.4 is 5.73 Å². The predicted molar refractivity (Wildman–Crippen MR) is 86.4 cm³/mol. The van der Waals surface area contributed by atoms with Crippen molar-refractivity contribution in [2.24, 2.45) is 5.73 Å². The Morgan fingerprint density at radius 1 is 1.43 bits per heavy atom. The molecule has 118 valence electrons. The van der Waals surface area contributed by atoms with Gasteiger partial charge in [-0.1, -0.05) is 43.7 Å². The Balaban J connectivity index is 0.00000220. The third-order valence-corrected chi connectivity index (χ3v) is 3.80. The smallest absolute Gasteiger partial charge is 0.239 e. The van der Waals surface area contributed by atoms with Crippen molar-refractivity contribution in [1.29, 1.82) is 0 Å². The molecule has 3 unspecified atom stereocenters. The van der Waals surface area contributed by atoms with Crippen LogP contribution in [0.1, 0.15) is 38.4 Å². The van der Waals surface area contributed by atoms with Crippen molar-refractivity contribution in [2.75, 3.05) is 13.2 Å². The zero-order chi connectivity index (χ0) is 14.5. The Hall–Kier alpha value is -1.10. The first kappa shape index (κ1) is 18.0. The summed E-state index contributed by atoms with van der Waals surface area (Å²) in [5, 5.41) is 0. The van der Waals surface area contributed by atoms with Crippen LogP contribution in [-0.4, -0.2) is 36.0 Å². The number of morpholine rings is 1. The lowest BCUT2D eigenvalue weighted by Gasteiger charge is -2.39. The molecule has 2 rings (SSSR count). The third kappa shape index (κ3) is 4.43. The number of benzene rings is 1. The van der Waals surface area contributed by atoms with Crippen molar-refractivity contribution >= 4 is 18.3 Å². The first-order valence-corrected chi connectivity index (χ1v) is 7.36. The van der Waals surface area contributed by atoms with Gasteiger partial charge in [-0.3, -0.25) is 4.79 Å². The SMILES string of the molecule is CCCC(N)C(=O)N1CC(c2ccccc2)OCC1C.Cl. The molecule has 1 aliphatic rings. The van der Waals surface area contributed by atoms with E-state index in [4.69, 9.17) is 10.5 Å². The molecule has 4 nitrogen and oxygen atoms in total. The Morgan fingerprint density at radius 3 is 2.71 bits per heavy atom. The van der Waals surface area contributed by atoms with Crippen LogP contribution in [0.4, 0.5) is 0 Å². The van der Waals surface area contributed by atoms with Gasteiger partial charge in [0.15, 0.2) is 0 Å². The minimum atomic E-state index is -0.392. The van der Waals surface area contributed by atoms with Crippen LogP contribution in [0.3, 0.4) is 0 Å². The average molecular weight is 313 g/mol. The van der Waals surface area contributed by atoms with Gasteiger partial charge < -0.3 is 15.4 Å². The fraction of sp³-hybridized carbons (Fsp3) is 0.562. The molecule has 1 aliphatic heterocycles. The largest absolute Gasteiger partial charge is 0.370 e. The highest BCUT2D eigenvalue weighted by atomic mass is 35.5. The summed E-state index contributed by atoms with van der Waals surface area (Å²) in [6, 6.07) is 9.74. The average Bonchev–Trinajstić information content (AvgIpc) is 2.48.